The lowest BCUT2D eigenvalue weighted by atomic mass is 9.53. The summed E-state index contributed by atoms with van der Waals surface area (Å²) in [6.45, 7) is 4.56. The summed E-state index contributed by atoms with van der Waals surface area (Å²) in [5.41, 5.74) is 7.84. The molecule has 1 aromatic rings. The van der Waals surface area contributed by atoms with Crippen LogP contribution >= 0.6 is 0 Å². The van der Waals surface area contributed by atoms with Crippen LogP contribution in [-0.2, 0) is 11.8 Å². The number of hydrogen-bond donors (Lipinski definition) is 3. The Balaban J connectivity index is 1.51. The van der Waals surface area contributed by atoms with Gasteiger partial charge in [-0.15, -0.1) is 0 Å². The number of rotatable bonds is 4. The van der Waals surface area contributed by atoms with Gasteiger partial charge in [-0.05, 0) is 44.4 Å². The zero-order chi connectivity index (χ0) is 18.8. The number of aliphatic imine (C=N–C) groups is 1. The van der Waals surface area contributed by atoms with Gasteiger partial charge in [0.05, 0.1) is 5.84 Å². The van der Waals surface area contributed by atoms with E-state index in [-0.39, 0.29) is 17.3 Å². The number of aromatic hydroxyl groups is 1. The van der Waals surface area contributed by atoms with E-state index in [9.17, 15) is 10.2 Å². The summed E-state index contributed by atoms with van der Waals surface area (Å²) in [6, 6.07) is 4.17. The number of aliphatic hydroxyl groups excluding tert-OH is 1. The fourth-order valence-corrected chi connectivity index (χ4v) is 5.94. The van der Waals surface area contributed by atoms with Gasteiger partial charge in [-0.25, -0.2) is 0 Å². The Kier molecular flexibility index (Phi) is 3.78. The average Bonchev–Trinajstić information content (AvgIpc) is 2.99. The Morgan fingerprint density at radius 1 is 1.41 bits per heavy atom. The molecule has 4 aliphatic rings. The van der Waals surface area contributed by atoms with Gasteiger partial charge in [0.1, 0.15) is 12.2 Å². The van der Waals surface area contributed by atoms with Crippen molar-refractivity contribution in [2.75, 3.05) is 19.6 Å². The highest BCUT2D eigenvalue weighted by Gasteiger charge is 2.64. The summed E-state index contributed by atoms with van der Waals surface area (Å²) < 4.78 is 6.18. The van der Waals surface area contributed by atoms with Gasteiger partial charge in [-0.2, -0.15) is 0 Å². The van der Waals surface area contributed by atoms with Crippen LogP contribution in [0.3, 0.4) is 0 Å². The molecule has 2 heterocycles. The van der Waals surface area contributed by atoms with Crippen LogP contribution in [0.25, 0.3) is 0 Å². The van der Waals surface area contributed by atoms with Crippen molar-refractivity contribution < 1.29 is 14.9 Å². The first kappa shape index (κ1) is 17.1. The van der Waals surface area contributed by atoms with Crippen LogP contribution in [0, 0.1) is 5.92 Å². The summed E-state index contributed by atoms with van der Waals surface area (Å²) >= 11 is 0. The predicted molar refractivity (Wildman–Crippen MR) is 103 cm³/mol. The van der Waals surface area contributed by atoms with E-state index >= 15 is 0 Å². The van der Waals surface area contributed by atoms with Crippen molar-refractivity contribution in [3.05, 3.63) is 35.4 Å². The number of aliphatic hydroxyl groups is 1. The number of piperidine rings is 1. The smallest absolute Gasteiger partial charge is 0.165 e. The first-order valence-corrected chi connectivity index (χ1v) is 9.91. The van der Waals surface area contributed by atoms with Crippen LogP contribution in [-0.4, -0.2) is 58.8 Å². The Bertz CT molecular complexity index is 832. The summed E-state index contributed by atoms with van der Waals surface area (Å²) in [5.74, 6) is 1.74. The number of ether oxygens (including phenoxy) is 1. The third-order valence-electron chi connectivity index (χ3n) is 6.95. The lowest BCUT2D eigenvalue weighted by Crippen LogP contribution is -2.65. The lowest BCUT2D eigenvalue weighted by Gasteiger charge is -2.57. The average molecular weight is 369 g/mol. The topological polar surface area (TPSA) is 91.3 Å². The number of hydrogen-bond acceptors (Lipinski definition) is 5. The molecule has 0 radical (unpaired) electrons. The SMILES string of the molecule is CC(N)=NCCCN1CCC23c4c5ccc(O)c4O[C@H]2[C@@H](O)C=CC3[C@H]1C5. The maximum atomic E-state index is 10.6. The molecule has 27 heavy (non-hydrogen) atoms. The van der Waals surface area contributed by atoms with E-state index < -0.39 is 6.10 Å². The molecule has 4 N–H and O–H groups in total. The minimum Gasteiger partial charge on any atom is -0.504 e. The predicted octanol–water partition coefficient (Wildman–Crippen LogP) is 1.34. The second-order valence-corrected chi connectivity index (χ2v) is 8.36. The van der Waals surface area contributed by atoms with Gasteiger partial charge >= 0.3 is 0 Å². The number of likely N-dealkylation sites (tertiary alicyclic amines) is 1. The summed E-state index contributed by atoms with van der Waals surface area (Å²) in [5, 5.41) is 21.0. The van der Waals surface area contributed by atoms with Crippen molar-refractivity contribution in [3.63, 3.8) is 0 Å². The molecule has 2 aliphatic carbocycles. The zero-order valence-electron chi connectivity index (χ0n) is 15.6. The summed E-state index contributed by atoms with van der Waals surface area (Å²) in [7, 11) is 0. The maximum absolute atomic E-state index is 10.6. The monoisotopic (exact) mass is 369 g/mol. The van der Waals surface area contributed by atoms with Crippen LogP contribution < -0.4 is 10.5 Å². The number of nitrogens with zero attached hydrogens (tertiary/aromatic N) is 2. The fraction of sp³-hybridized carbons (Fsp3) is 0.571. The van der Waals surface area contributed by atoms with E-state index in [1.54, 1.807) is 6.07 Å². The molecule has 1 aromatic carbocycles. The second kappa shape index (κ2) is 5.97. The van der Waals surface area contributed by atoms with Crippen molar-refractivity contribution in [2.24, 2.45) is 16.6 Å². The molecule has 0 aromatic heterocycles. The van der Waals surface area contributed by atoms with Crippen molar-refractivity contribution >= 4 is 5.84 Å². The molecule has 1 spiro atoms. The third-order valence-corrected chi connectivity index (χ3v) is 6.95. The van der Waals surface area contributed by atoms with E-state index in [4.69, 9.17) is 10.5 Å². The number of benzene rings is 1. The van der Waals surface area contributed by atoms with Gasteiger partial charge in [0, 0.05) is 36.0 Å². The Labute approximate surface area is 159 Å². The highest BCUT2D eigenvalue weighted by molar-refractivity contribution is 5.77. The van der Waals surface area contributed by atoms with Crippen LogP contribution in [0.5, 0.6) is 11.5 Å². The molecule has 0 amide bonds. The van der Waals surface area contributed by atoms with Crippen molar-refractivity contribution in [1.29, 1.82) is 0 Å². The van der Waals surface area contributed by atoms with E-state index in [0.29, 0.717) is 23.5 Å². The highest BCUT2D eigenvalue weighted by atomic mass is 16.5. The van der Waals surface area contributed by atoms with E-state index in [1.807, 2.05) is 19.1 Å². The number of amidine groups is 1. The van der Waals surface area contributed by atoms with Crippen LogP contribution in [0.4, 0.5) is 0 Å². The van der Waals surface area contributed by atoms with Crippen LogP contribution in [0.15, 0.2) is 29.3 Å². The van der Waals surface area contributed by atoms with E-state index in [1.165, 1.54) is 5.56 Å². The molecule has 1 saturated heterocycles. The van der Waals surface area contributed by atoms with Gasteiger partial charge in [0.15, 0.2) is 11.5 Å². The molecule has 2 unspecified atom stereocenters. The standard InChI is InChI=1S/C21H27N3O3/c1-12(22)23-8-2-9-24-10-7-21-14-4-6-17(26)20(21)27-19-16(25)5-3-13(18(19)21)11-15(14)24/h3-6,14-15,17,20,25-26H,2,7-11H2,1H3,(H2,22,23)/t14?,15-,17+,20+,21?/m1/s1. The molecule has 6 heteroatoms. The van der Waals surface area contributed by atoms with E-state index in [2.05, 4.69) is 16.0 Å². The number of phenolic OH excluding ortho intramolecular Hbond substituents is 1. The molecular weight excluding hydrogens is 342 g/mol. The highest BCUT2D eigenvalue weighted by Crippen LogP contribution is 2.62. The Hall–Kier alpha value is -2.05. The summed E-state index contributed by atoms with van der Waals surface area (Å²) in [4.78, 5) is 6.89. The van der Waals surface area contributed by atoms with Gasteiger partial charge < -0.3 is 20.7 Å². The van der Waals surface area contributed by atoms with Gasteiger partial charge in [-0.3, -0.25) is 9.89 Å². The lowest BCUT2D eigenvalue weighted by molar-refractivity contribution is -0.0516. The Morgan fingerprint density at radius 2 is 2.26 bits per heavy atom. The van der Waals surface area contributed by atoms with Crippen molar-refractivity contribution in [2.45, 2.75) is 49.9 Å². The molecule has 6 nitrogen and oxygen atoms in total. The molecule has 0 saturated carbocycles. The maximum Gasteiger partial charge on any atom is 0.165 e. The molecule has 1 fully saturated rings. The van der Waals surface area contributed by atoms with Crippen LogP contribution in [0.1, 0.15) is 30.9 Å². The first-order valence-electron chi connectivity index (χ1n) is 9.91. The minimum atomic E-state index is -0.631. The number of nitrogens with two attached hydrogens (primary N) is 1. The minimum absolute atomic E-state index is 0.194. The third kappa shape index (κ3) is 2.29. The molecular formula is C21H27N3O3. The molecule has 5 atom stereocenters. The molecule has 144 valence electrons. The second-order valence-electron chi connectivity index (χ2n) is 8.36. The Morgan fingerprint density at radius 3 is 3.07 bits per heavy atom. The quantitative estimate of drug-likeness (QED) is 0.322. The van der Waals surface area contributed by atoms with Crippen molar-refractivity contribution in [3.8, 4) is 11.5 Å². The molecule has 5 rings (SSSR count). The zero-order valence-corrected chi connectivity index (χ0v) is 15.6. The van der Waals surface area contributed by atoms with Crippen molar-refractivity contribution in [1.82, 2.24) is 4.90 Å². The number of phenols is 1. The normalized spacial score (nSPS) is 36.4. The molecule has 2 bridgehead atoms. The fourth-order valence-electron chi connectivity index (χ4n) is 5.94. The first-order chi connectivity index (χ1) is 13.0. The van der Waals surface area contributed by atoms with Gasteiger partial charge in [-0.1, -0.05) is 18.2 Å². The molecule has 2 aliphatic heterocycles. The van der Waals surface area contributed by atoms with E-state index in [0.717, 1.165) is 44.5 Å². The summed E-state index contributed by atoms with van der Waals surface area (Å²) in [6.07, 6.45) is 6.03. The largest absolute Gasteiger partial charge is 0.504 e. The van der Waals surface area contributed by atoms with Gasteiger partial charge in [0.2, 0.25) is 0 Å². The van der Waals surface area contributed by atoms with Gasteiger partial charge in [0.25, 0.3) is 0 Å². The van der Waals surface area contributed by atoms with Crippen LogP contribution in [0.2, 0.25) is 0 Å².